The van der Waals surface area contributed by atoms with Crippen molar-refractivity contribution < 1.29 is 8.63 Å². The first-order valence-electron chi connectivity index (χ1n) is 7.97. The summed E-state index contributed by atoms with van der Waals surface area (Å²) in [7, 11) is -1.04. The van der Waals surface area contributed by atoms with Crippen LogP contribution in [0.3, 0.4) is 0 Å². The number of pyridine rings is 1. The molecule has 0 aliphatic heterocycles. The Labute approximate surface area is 150 Å². The molecule has 0 amide bonds. The molecule has 3 heterocycles. The smallest absolute Gasteiger partial charge is 0.245 e. The summed E-state index contributed by atoms with van der Waals surface area (Å²) in [6.45, 7) is 0. The lowest BCUT2D eigenvalue weighted by molar-refractivity contribution is 0.572. The zero-order valence-corrected chi connectivity index (χ0v) is 14.7. The van der Waals surface area contributed by atoms with Crippen molar-refractivity contribution in [1.29, 1.82) is 0 Å². The lowest BCUT2D eigenvalue weighted by Crippen LogP contribution is -1.96. The van der Waals surface area contributed by atoms with Crippen molar-refractivity contribution in [3.8, 4) is 22.7 Å². The van der Waals surface area contributed by atoms with Crippen LogP contribution in [0.2, 0.25) is 0 Å². The summed E-state index contributed by atoms with van der Waals surface area (Å²) in [5.74, 6) is 0.470. The lowest BCUT2D eigenvalue weighted by atomic mass is 10.1. The molecule has 1 fully saturated rings. The number of hydrogen-bond donors (Lipinski definition) is 0. The van der Waals surface area contributed by atoms with Gasteiger partial charge in [-0.05, 0) is 24.5 Å². The van der Waals surface area contributed by atoms with E-state index >= 15 is 0 Å². The second kappa shape index (κ2) is 5.86. The van der Waals surface area contributed by atoms with Crippen LogP contribution in [-0.4, -0.2) is 24.4 Å². The Morgan fingerprint density at radius 2 is 2.00 bits per heavy atom. The predicted molar refractivity (Wildman–Crippen MR) is 97.8 cm³/mol. The van der Waals surface area contributed by atoms with Gasteiger partial charge in [0, 0.05) is 10.8 Å². The molecule has 1 aromatic carbocycles. The zero-order chi connectivity index (χ0) is 16.8. The highest BCUT2D eigenvalue weighted by atomic mass is 32.2. The molecule has 124 valence electrons. The topological polar surface area (TPSA) is 68.9 Å². The third-order valence-corrected chi connectivity index (χ3v) is 7.08. The average Bonchev–Trinajstić information content (AvgIpc) is 3.18. The van der Waals surface area contributed by atoms with Crippen LogP contribution in [0, 0.1) is 0 Å². The van der Waals surface area contributed by atoms with Gasteiger partial charge < -0.3 is 4.42 Å². The van der Waals surface area contributed by atoms with Crippen molar-refractivity contribution in [2.24, 2.45) is 0 Å². The second-order valence-corrected chi connectivity index (χ2v) is 8.77. The number of benzene rings is 1. The third-order valence-electron chi connectivity index (χ3n) is 4.08. The minimum atomic E-state index is -1.04. The van der Waals surface area contributed by atoms with Crippen LogP contribution in [0.25, 0.3) is 33.1 Å². The molecule has 0 spiro atoms. The third kappa shape index (κ3) is 2.69. The molecule has 5 rings (SSSR count). The van der Waals surface area contributed by atoms with Crippen LogP contribution in [-0.2, 0) is 10.8 Å². The molecule has 0 radical (unpaired) electrons. The molecule has 0 N–H and O–H groups in total. The van der Waals surface area contributed by atoms with E-state index in [9.17, 15) is 4.21 Å². The van der Waals surface area contributed by atoms with Gasteiger partial charge in [0.1, 0.15) is 22.3 Å². The lowest BCUT2D eigenvalue weighted by Gasteiger charge is -2.04. The minimum Gasteiger partial charge on any atom is -0.443 e. The minimum absolute atomic E-state index is 0.256. The number of aromatic nitrogens is 3. The molecular formula is C18H13N3O2S2. The first-order chi connectivity index (χ1) is 12.3. The number of thiazole rings is 1. The SMILES string of the molecule is O=S(c1nc2c(-c3ccccc3)cc(-c3ncco3)nc2s1)C1CC1. The van der Waals surface area contributed by atoms with E-state index in [0.717, 1.165) is 34.3 Å². The van der Waals surface area contributed by atoms with E-state index in [1.54, 1.807) is 6.20 Å². The standard InChI is InChI=1S/C18H13N3O2S2/c22-25(12-6-7-12)18-21-15-13(11-4-2-1-3-5-11)10-14(20-17(15)24-18)16-19-8-9-23-16/h1-5,8-10,12H,6-7H2. The van der Waals surface area contributed by atoms with Gasteiger partial charge in [0.15, 0.2) is 4.34 Å². The van der Waals surface area contributed by atoms with Crippen molar-refractivity contribution in [2.45, 2.75) is 22.4 Å². The molecule has 0 bridgehead atoms. The highest BCUT2D eigenvalue weighted by Gasteiger charge is 2.32. The van der Waals surface area contributed by atoms with Crippen LogP contribution >= 0.6 is 11.3 Å². The van der Waals surface area contributed by atoms with Crippen LogP contribution in [0.4, 0.5) is 0 Å². The Kier molecular flexibility index (Phi) is 3.50. The molecule has 3 aromatic heterocycles. The number of rotatable bonds is 4. The largest absolute Gasteiger partial charge is 0.443 e. The van der Waals surface area contributed by atoms with Crippen LogP contribution < -0.4 is 0 Å². The van der Waals surface area contributed by atoms with Crippen molar-refractivity contribution in [2.75, 3.05) is 0 Å². The molecule has 7 heteroatoms. The Hall–Kier alpha value is -2.38. The Balaban J connectivity index is 1.75. The van der Waals surface area contributed by atoms with Gasteiger partial charge >= 0.3 is 0 Å². The first kappa shape index (κ1) is 14.9. The molecule has 1 aliphatic rings. The van der Waals surface area contributed by atoms with E-state index in [0.29, 0.717) is 15.9 Å². The van der Waals surface area contributed by atoms with E-state index in [1.165, 1.54) is 17.6 Å². The number of fused-ring (bicyclic) bond motifs is 1. The summed E-state index contributed by atoms with van der Waals surface area (Å²) in [6.07, 6.45) is 5.17. The molecule has 1 saturated carbocycles. The van der Waals surface area contributed by atoms with Gasteiger partial charge in [0.25, 0.3) is 0 Å². The van der Waals surface area contributed by atoms with Gasteiger partial charge in [0.2, 0.25) is 5.89 Å². The number of oxazole rings is 1. The summed E-state index contributed by atoms with van der Waals surface area (Å²) in [5.41, 5.74) is 3.44. The monoisotopic (exact) mass is 367 g/mol. The molecule has 4 aromatic rings. The second-order valence-electron chi connectivity index (χ2n) is 5.89. The van der Waals surface area contributed by atoms with Gasteiger partial charge in [-0.15, -0.1) is 0 Å². The first-order valence-corrected chi connectivity index (χ1v) is 10.00. The fraction of sp³-hybridized carbons (Fsp3) is 0.167. The predicted octanol–water partition coefficient (Wildman–Crippen LogP) is 4.28. The summed E-state index contributed by atoms with van der Waals surface area (Å²) >= 11 is 1.40. The van der Waals surface area contributed by atoms with E-state index in [4.69, 9.17) is 4.42 Å². The highest BCUT2D eigenvalue weighted by molar-refractivity contribution is 7.88. The van der Waals surface area contributed by atoms with Gasteiger partial charge in [0.05, 0.1) is 17.0 Å². The van der Waals surface area contributed by atoms with E-state index < -0.39 is 10.8 Å². The highest BCUT2D eigenvalue weighted by Crippen LogP contribution is 2.37. The Bertz CT molecular complexity index is 1070. The number of nitrogens with zero attached hydrogens (tertiary/aromatic N) is 3. The van der Waals surface area contributed by atoms with Gasteiger partial charge in [-0.2, -0.15) is 0 Å². The zero-order valence-electron chi connectivity index (χ0n) is 13.1. The summed E-state index contributed by atoms with van der Waals surface area (Å²) < 4.78 is 18.6. The molecule has 25 heavy (non-hydrogen) atoms. The average molecular weight is 367 g/mol. The Morgan fingerprint density at radius 1 is 1.16 bits per heavy atom. The normalized spacial score (nSPS) is 15.5. The molecule has 1 unspecified atom stereocenters. The maximum atomic E-state index is 12.5. The summed E-state index contributed by atoms with van der Waals surface area (Å²) in [5, 5.41) is 0.256. The quantitative estimate of drug-likeness (QED) is 0.538. The Morgan fingerprint density at radius 3 is 2.72 bits per heavy atom. The summed E-state index contributed by atoms with van der Waals surface area (Å²) in [6, 6.07) is 12.0. The molecule has 1 atom stereocenters. The molecular weight excluding hydrogens is 354 g/mol. The van der Waals surface area contributed by atoms with E-state index in [-0.39, 0.29) is 5.25 Å². The fourth-order valence-electron chi connectivity index (χ4n) is 2.70. The molecule has 5 nitrogen and oxygen atoms in total. The van der Waals surface area contributed by atoms with Crippen molar-refractivity contribution in [1.82, 2.24) is 15.0 Å². The maximum Gasteiger partial charge on any atom is 0.245 e. The van der Waals surface area contributed by atoms with Gasteiger partial charge in [-0.1, -0.05) is 41.7 Å². The van der Waals surface area contributed by atoms with Crippen LogP contribution in [0.5, 0.6) is 0 Å². The fourth-order valence-corrected chi connectivity index (χ4v) is 5.40. The van der Waals surface area contributed by atoms with Crippen LogP contribution in [0.1, 0.15) is 12.8 Å². The van der Waals surface area contributed by atoms with E-state index in [2.05, 4.69) is 15.0 Å². The van der Waals surface area contributed by atoms with Crippen molar-refractivity contribution in [3.05, 3.63) is 48.9 Å². The van der Waals surface area contributed by atoms with Gasteiger partial charge in [-0.25, -0.2) is 15.0 Å². The van der Waals surface area contributed by atoms with Crippen molar-refractivity contribution in [3.63, 3.8) is 0 Å². The van der Waals surface area contributed by atoms with Crippen LogP contribution in [0.15, 0.2) is 57.6 Å². The van der Waals surface area contributed by atoms with Crippen molar-refractivity contribution >= 4 is 32.5 Å². The molecule has 0 saturated heterocycles. The molecule has 1 aliphatic carbocycles. The number of hydrogen-bond acceptors (Lipinski definition) is 6. The summed E-state index contributed by atoms with van der Waals surface area (Å²) in [4.78, 5) is 14.3. The van der Waals surface area contributed by atoms with E-state index in [1.807, 2.05) is 36.4 Å². The van der Waals surface area contributed by atoms with Gasteiger partial charge in [-0.3, -0.25) is 4.21 Å². The maximum absolute atomic E-state index is 12.5.